The van der Waals surface area contributed by atoms with Gasteiger partial charge in [0, 0.05) is 11.0 Å². The molecule has 0 aliphatic carbocycles. The minimum Gasteiger partial charge on any atom is -0.496 e. The predicted molar refractivity (Wildman–Crippen MR) is 151 cm³/mol. The normalized spacial score (nSPS) is 12.4. The summed E-state index contributed by atoms with van der Waals surface area (Å²) >= 11 is 0. The SMILES string of the molecule is COc1cc(C(C)C)ccc1C(C)(C)OC(=O)Oc1ccc(C(C)(C)c2ccc(C(C)(C)C)cc2)cc1. The molecule has 0 fully saturated rings. The van der Waals surface area contributed by atoms with Crippen molar-refractivity contribution in [2.45, 2.75) is 84.7 Å². The third-order valence-corrected chi connectivity index (χ3v) is 7.13. The van der Waals surface area contributed by atoms with Crippen LogP contribution in [0.15, 0.2) is 66.7 Å². The first kappa shape index (κ1) is 28.3. The van der Waals surface area contributed by atoms with Crippen molar-refractivity contribution >= 4 is 6.16 Å². The zero-order valence-electron chi connectivity index (χ0n) is 24.1. The number of methoxy groups -OCH3 is 1. The van der Waals surface area contributed by atoms with Gasteiger partial charge < -0.3 is 14.2 Å². The van der Waals surface area contributed by atoms with Gasteiger partial charge in [-0.25, -0.2) is 4.79 Å². The van der Waals surface area contributed by atoms with E-state index < -0.39 is 11.8 Å². The minimum absolute atomic E-state index is 0.119. The van der Waals surface area contributed by atoms with Crippen molar-refractivity contribution in [3.63, 3.8) is 0 Å². The molecule has 0 atom stereocenters. The lowest BCUT2D eigenvalue weighted by molar-refractivity contribution is 0.00511. The highest BCUT2D eigenvalue weighted by atomic mass is 16.7. The maximum Gasteiger partial charge on any atom is 0.514 e. The number of hydrogen-bond acceptors (Lipinski definition) is 4. The van der Waals surface area contributed by atoms with Crippen LogP contribution in [0.25, 0.3) is 0 Å². The molecule has 0 unspecified atom stereocenters. The highest BCUT2D eigenvalue weighted by Gasteiger charge is 2.30. The van der Waals surface area contributed by atoms with E-state index in [9.17, 15) is 4.79 Å². The summed E-state index contributed by atoms with van der Waals surface area (Å²) in [6.45, 7) is 19.0. The second-order valence-electron chi connectivity index (χ2n) is 12.1. The molecule has 0 spiro atoms. The maximum atomic E-state index is 12.7. The first-order chi connectivity index (χ1) is 17.1. The molecule has 4 nitrogen and oxygen atoms in total. The number of hydrogen-bond donors (Lipinski definition) is 0. The van der Waals surface area contributed by atoms with E-state index >= 15 is 0 Å². The molecule has 0 bridgehead atoms. The summed E-state index contributed by atoms with van der Waals surface area (Å²) in [5.74, 6) is 1.49. The van der Waals surface area contributed by atoms with E-state index in [4.69, 9.17) is 14.2 Å². The van der Waals surface area contributed by atoms with Crippen LogP contribution in [-0.4, -0.2) is 13.3 Å². The quantitative estimate of drug-likeness (QED) is 0.239. The van der Waals surface area contributed by atoms with E-state index in [1.54, 1.807) is 7.11 Å². The topological polar surface area (TPSA) is 44.8 Å². The van der Waals surface area contributed by atoms with Gasteiger partial charge in [0.25, 0.3) is 0 Å². The molecule has 198 valence electrons. The third kappa shape index (κ3) is 6.54. The number of benzene rings is 3. The lowest BCUT2D eigenvalue weighted by Crippen LogP contribution is -2.28. The highest BCUT2D eigenvalue weighted by molar-refractivity contribution is 5.65. The Hall–Kier alpha value is -3.27. The summed E-state index contributed by atoms with van der Waals surface area (Å²) in [5.41, 5.74) is 4.60. The average Bonchev–Trinajstić information content (AvgIpc) is 2.83. The Morgan fingerprint density at radius 1 is 0.730 bits per heavy atom. The number of carbonyl (C=O) groups is 1. The van der Waals surface area contributed by atoms with Crippen molar-refractivity contribution < 1.29 is 19.0 Å². The van der Waals surface area contributed by atoms with Gasteiger partial charge in [-0.3, -0.25) is 0 Å². The molecule has 0 amide bonds. The van der Waals surface area contributed by atoms with E-state index in [2.05, 4.69) is 72.7 Å². The Morgan fingerprint density at radius 2 is 1.24 bits per heavy atom. The summed E-state index contributed by atoms with van der Waals surface area (Å²) in [7, 11) is 1.62. The predicted octanol–water partition coefficient (Wildman–Crippen LogP) is 8.89. The molecule has 0 saturated heterocycles. The minimum atomic E-state index is -0.931. The van der Waals surface area contributed by atoms with Crippen molar-refractivity contribution in [2.24, 2.45) is 0 Å². The molecule has 0 heterocycles. The summed E-state index contributed by atoms with van der Waals surface area (Å²) in [6, 6.07) is 22.4. The maximum absolute atomic E-state index is 12.7. The fraction of sp³-hybridized carbons (Fsp3) is 0.424. The standard InChI is InChI=1S/C33H42O4/c1-22(2)23-11-20-28(29(21-23)35-10)33(8,9)37-30(34)36-27-18-16-26(17-19-27)32(6,7)25-14-12-24(13-15-25)31(3,4)5/h11-22H,1-10H3. The average molecular weight is 503 g/mol. The Kier molecular flexibility index (Phi) is 8.12. The number of ether oxygens (including phenoxy) is 3. The van der Waals surface area contributed by atoms with Crippen LogP contribution in [0.5, 0.6) is 11.5 Å². The Bertz CT molecular complexity index is 1210. The van der Waals surface area contributed by atoms with Gasteiger partial charge in [0.15, 0.2) is 0 Å². The van der Waals surface area contributed by atoms with Crippen LogP contribution in [0, 0.1) is 0 Å². The second kappa shape index (κ2) is 10.6. The van der Waals surface area contributed by atoms with Gasteiger partial charge in [-0.05, 0) is 65.6 Å². The van der Waals surface area contributed by atoms with Gasteiger partial charge in [-0.2, -0.15) is 0 Å². The van der Waals surface area contributed by atoms with Crippen LogP contribution in [0.4, 0.5) is 4.79 Å². The van der Waals surface area contributed by atoms with Crippen molar-refractivity contribution in [3.8, 4) is 11.5 Å². The van der Waals surface area contributed by atoms with Crippen LogP contribution < -0.4 is 9.47 Å². The molecule has 0 aliphatic rings. The van der Waals surface area contributed by atoms with E-state index in [0.29, 0.717) is 17.4 Å². The molecule has 0 N–H and O–H groups in total. The van der Waals surface area contributed by atoms with Gasteiger partial charge in [0.2, 0.25) is 0 Å². The molecule has 4 heteroatoms. The van der Waals surface area contributed by atoms with Gasteiger partial charge in [0.1, 0.15) is 17.1 Å². The van der Waals surface area contributed by atoms with Crippen LogP contribution >= 0.6 is 0 Å². The Balaban J connectivity index is 1.72. The molecule has 0 saturated carbocycles. The molecule has 0 aromatic heterocycles. The van der Waals surface area contributed by atoms with Crippen molar-refractivity contribution in [1.82, 2.24) is 0 Å². The van der Waals surface area contributed by atoms with E-state index in [1.807, 2.05) is 56.3 Å². The molecule has 3 aromatic rings. The fourth-order valence-electron chi connectivity index (χ4n) is 4.44. The first-order valence-electron chi connectivity index (χ1n) is 13.0. The Morgan fingerprint density at radius 3 is 1.73 bits per heavy atom. The van der Waals surface area contributed by atoms with Gasteiger partial charge in [0.05, 0.1) is 7.11 Å². The van der Waals surface area contributed by atoms with Crippen molar-refractivity contribution in [3.05, 3.63) is 94.5 Å². The molecular weight excluding hydrogens is 460 g/mol. The molecule has 0 radical (unpaired) electrons. The summed E-state index contributed by atoms with van der Waals surface area (Å²) < 4.78 is 16.9. The Labute approximate surface area is 223 Å². The van der Waals surface area contributed by atoms with Crippen LogP contribution in [0.2, 0.25) is 0 Å². The van der Waals surface area contributed by atoms with Gasteiger partial charge >= 0.3 is 6.16 Å². The van der Waals surface area contributed by atoms with Crippen LogP contribution in [-0.2, 0) is 21.2 Å². The van der Waals surface area contributed by atoms with Gasteiger partial charge in [-0.15, -0.1) is 0 Å². The highest BCUT2D eigenvalue weighted by Crippen LogP contribution is 2.36. The third-order valence-electron chi connectivity index (χ3n) is 7.13. The monoisotopic (exact) mass is 502 g/mol. The fourth-order valence-corrected chi connectivity index (χ4v) is 4.44. The zero-order valence-corrected chi connectivity index (χ0v) is 24.1. The molecule has 37 heavy (non-hydrogen) atoms. The lowest BCUT2D eigenvalue weighted by Gasteiger charge is -2.28. The first-order valence-corrected chi connectivity index (χ1v) is 13.0. The molecular formula is C33H42O4. The van der Waals surface area contributed by atoms with E-state index in [-0.39, 0.29) is 10.8 Å². The van der Waals surface area contributed by atoms with Crippen molar-refractivity contribution in [2.75, 3.05) is 7.11 Å². The second-order valence-corrected chi connectivity index (χ2v) is 12.1. The molecule has 0 aliphatic heterocycles. The number of rotatable bonds is 7. The largest absolute Gasteiger partial charge is 0.514 e. The lowest BCUT2D eigenvalue weighted by atomic mass is 9.77. The van der Waals surface area contributed by atoms with E-state index in [1.165, 1.54) is 11.1 Å². The van der Waals surface area contributed by atoms with E-state index in [0.717, 1.165) is 16.7 Å². The smallest absolute Gasteiger partial charge is 0.496 e. The van der Waals surface area contributed by atoms with Crippen molar-refractivity contribution in [1.29, 1.82) is 0 Å². The zero-order chi connectivity index (χ0) is 27.6. The van der Waals surface area contributed by atoms with Crippen LogP contribution in [0.3, 0.4) is 0 Å². The number of carbonyl (C=O) groups excluding carboxylic acids is 1. The summed E-state index contributed by atoms with van der Waals surface area (Å²) in [5, 5.41) is 0. The van der Waals surface area contributed by atoms with Gasteiger partial charge in [-0.1, -0.05) is 97.0 Å². The summed E-state index contributed by atoms with van der Waals surface area (Å²) in [6.07, 6.45) is -0.759. The summed E-state index contributed by atoms with van der Waals surface area (Å²) in [4.78, 5) is 12.7. The molecule has 3 rings (SSSR count). The molecule has 3 aromatic carbocycles. The van der Waals surface area contributed by atoms with Crippen LogP contribution in [0.1, 0.15) is 96.0 Å².